The molecule has 0 amide bonds. The van der Waals surface area contributed by atoms with Gasteiger partial charge in [0.2, 0.25) is 0 Å². The summed E-state index contributed by atoms with van der Waals surface area (Å²) in [5.41, 5.74) is -0.971. The van der Waals surface area contributed by atoms with E-state index in [1.54, 1.807) is 24.3 Å². The van der Waals surface area contributed by atoms with E-state index in [1.165, 1.54) is 30.3 Å². The molecule has 11 nitrogen and oxygen atoms in total. The molecule has 0 unspecified atom stereocenters. The van der Waals surface area contributed by atoms with Crippen LogP contribution < -0.4 is 0 Å². The molecule has 4 rings (SSSR count). The van der Waals surface area contributed by atoms with Gasteiger partial charge in [-0.05, 0) is 46.7 Å². The van der Waals surface area contributed by atoms with Crippen LogP contribution in [0.5, 0.6) is 0 Å². The van der Waals surface area contributed by atoms with Crippen molar-refractivity contribution < 1.29 is 30.3 Å². The summed E-state index contributed by atoms with van der Waals surface area (Å²) >= 11 is 0. The van der Waals surface area contributed by atoms with E-state index in [4.69, 9.17) is 0 Å². The van der Waals surface area contributed by atoms with Crippen molar-refractivity contribution in [2.75, 3.05) is 0 Å². The van der Waals surface area contributed by atoms with Gasteiger partial charge in [-0.2, -0.15) is 16.8 Å². The van der Waals surface area contributed by atoms with E-state index in [1.807, 2.05) is 0 Å². The first-order chi connectivity index (χ1) is 16.5. The number of hydrogen-bond donors (Lipinski definition) is 0. The summed E-state index contributed by atoms with van der Waals surface area (Å²) in [7, 11) is -9.82. The van der Waals surface area contributed by atoms with Crippen molar-refractivity contribution in [2.24, 2.45) is 0 Å². The Morgan fingerprint density at radius 3 is 1.86 bits per heavy atom. The second-order valence-corrected chi connectivity index (χ2v) is 10.5. The Bertz CT molecular complexity index is 1700. The van der Waals surface area contributed by atoms with Gasteiger partial charge in [-0.15, -0.1) is 3.63 Å². The standard InChI is InChI=1S/C22H14N2O9S2/c25-23(26)18-8-5-16(6-9-18)21-14-19(24(27)28)10-12-22(21)35(31,32)33-34(29,30)20-11-7-15-3-1-2-4-17(15)13-20/h1-14H. The molecule has 13 heteroatoms. The SMILES string of the molecule is O=[N+]([O-])c1ccc(-c2cc([N+](=O)[O-])ccc2S(=O)(=O)OS(=O)(=O)c2ccc3ccccc3c2)cc1. The van der Waals surface area contributed by atoms with Gasteiger partial charge in [0.15, 0.2) is 0 Å². The molecule has 35 heavy (non-hydrogen) atoms. The highest BCUT2D eigenvalue weighted by Crippen LogP contribution is 2.34. The second kappa shape index (κ2) is 8.87. The van der Waals surface area contributed by atoms with Crippen molar-refractivity contribution in [2.45, 2.75) is 9.79 Å². The number of nitro benzene ring substituents is 2. The summed E-state index contributed by atoms with van der Waals surface area (Å²) in [6.07, 6.45) is 0. The van der Waals surface area contributed by atoms with Crippen molar-refractivity contribution in [1.29, 1.82) is 0 Å². The van der Waals surface area contributed by atoms with Crippen LogP contribution in [-0.4, -0.2) is 26.7 Å². The fourth-order valence-electron chi connectivity index (χ4n) is 3.35. The maximum absolute atomic E-state index is 13.1. The van der Waals surface area contributed by atoms with Gasteiger partial charge in [-0.25, -0.2) is 0 Å². The minimum Gasteiger partial charge on any atom is -0.258 e. The Morgan fingerprint density at radius 1 is 0.629 bits per heavy atom. The summed E-state index contributed by atoms with van der Waals surface area (Å²) in [5, 5.41) is 23.4. The van der Waals surface area contributed by atoms with Crippen LogP contribution in [0.25, 0.3) is 21.9 Å². The Morgan fingerprint density at radius 2 is 1.23 bits per heavy atom. The minimum atomic E-state index is -5.01. The molecular weight excluding hydrogens is 500 g/mol. The van der Waals surface area contributed by atoms with E-state index < -0.39 is 45.6 Å². The molecule has 0 aliphatic rings. The van der Waals surface area contributed by atoms with Gasteiger partial charge < -0.3 is 0 Å². The minimum absolute atomic E-state index is 0.0598. The molecule has 4 aromatic rings. The number of nitro groups is 2. The highest BCUT2D eigenvalue weighted by molar-refractivity contribution is 8.00. The predicted octanol–water partition coefficient (Wildman–Crippen LogP) is 4.42. The maximum atomic E-state index is 13.1. The average Bonchev–Trinajstić information content (AvgIpc) is 2.82. The van der Waals surface area contributed by atoms with Crippen LogP contribution >= 0.6 is 0 Å². The van der Waals surface area contributed by atoms with Crippen LogP contribution in [0.15, 0.2) is 94.7 Å². The molecule has 0 aliphatic carbocycles. The number of hydrogen-bond acceptors (Lipinski definition) is 9. The van der Waals surface area contributed by atoms with Gasteiger partial charge in [-0.1, -0.05) is 30.3 Å². The van der Waals surface area contributed by atoms with Gasteiger partial charge in [0.05, 0.1) is 14.7 Å². The smallest absolute Gasteiger partial charge is 0.258 e. The van der Waals surface area contributed by atoms with Crippen LogP contribution in [0.2, 0.25) is 0 Å². The molecule has 178 valence electrons. The third-order valence-corrected chi connectivity index (χ3v) is 8.18. The van der Waals surface area contributed by atoms with Gasteiger partial charge in [0.25, 0.3) is 11.4 Å². The van der Waals surface area contributed by atoms with Crippen LogP contribution in [0.1, 0.15) is 0 Å². The van der Waals surface area contributed by atoms with Crippen molar-refractivity contribution in [3.63, 3.8) is 0 Å². The molecule has 0 bridgehead atoms. The summed E-state index contributed by atoms with van der Waals surface area (Å²) in [6, 6.07) is 18.0. The molecule has 0 fully saturated rings. The molecule has 0 spiro atoms. The van der Waals surface area contributed by atoms with Gasteiger partial charge in [0.1, 0.15) is 4.90 Å². The van der Waals surface area contributed by atoms with Crippen LogP contribution in [-0.2, 0) is 23.9 Å². The molecule has 4 aromatic carbocycles. The maximum Gasteiger partial charge on any atom is 0.312 e. The Balaban J connectivity index is 1.80. The Labute approximate surface area is 198 Å². The first-order valence-corrected chi connectivity index (χ1v) is 12.5. The molecular formula is C22H14N2O9S2. The number of nitrogens with zero attached hydrogens (tertiary/aromatic N) is 2. The van der Waals surface area contributed by atoms with Gasteiger partial charge >= 0.3 is 20.2 Å². The van der Waals surface area contributed by atoms with Crippen LogP contribution in [0.3, 0.4) is 0 Å². The van der Waals surface area contributed by atoms with Crippen molar-refractivity contribution >= 4 is 42.4 Å². The van der Waals surface area contributed by atoms with Crippen LogP contribution in [0.4, 0.5) is 11.4 Å². The second-order valence-electron chi connectivity index (χ2n) is 7.23. The number of fused-ring (bicyclic) bond motifs is 1. The zero-order valence-corrected chi connectivity index (χ0v) is 19.1. The van der Waals surface area contributed by atoms with Crippen molar-refractivity contribution in [3.05, 3.63) is 105 Å². The van der Waals surface area contributed by atoms with E-state index in [2.05, 4.69) is 3.63 Å². The first-order valence-electron chi connectivity index (χ1n) is 9.71. The van der Waals surface area contributed by atoms with E-state index in [0.717, 1.165) is 35.7 Å². The third-order valence-electron chi connectivity index (χ3n) is 5.02. The number of non-ortho nitro benzene ring substituents is 2. The zero-order chi connectivity index (χ0) is 25.4. The fraction of sp³-hybridized carbons (Fsp3) is 0. The molecule has 0 radical (unpaired) electrons. The lowest BCUT2D eigenvalue weighted by molar-refractivity contribution is -0.385. The van der Waals surface area contributed by atoms with E-state index >= 15 is 0 Å². The van der Waals surface area contributed by atoms with E-state index in [-0.39, 0.29) is 16.8 Å². The lowest BCUT2D eigenvalue weighted by Gasteiger charge is -2.11. The first kappa shape index (κ1) is 23.9. The largest absolute Gasteiger partial charge is 0.312 e. The number of rotatable bonds is 7. The predicted molar refractivity (Wildman–Crippen MR) is 125 cm³/mol. The monoisotopic (exact) mass is 514 g/mol. The molecule has 0 heterocycles. The summed E-state index contributed by atoms with van der Waals surface area (Å²) in [5.74, 6) is 0. The highest BCUT2D eigenvalue weighted by atomic mass is 32.3. The normalized spacial score (nSPS) is 11.9. The quantitative estimate of drug-likeness (QED) is 0.256. The molecule has 0 atom stereocenters. The molecule has 0 saturated heterocycles. The van der Waals surface area contributed by atoms with E-state index in [9.17, 15) is 37.1 Å². The Hall–Kier alpha value is -4.20. The lowest BCUT2D eigenvalue weighted by Crippen LogP contribution is -2.15. The average molecular weight is 514 g/mol. The van der Waals surface area contributed by atoms with Crippen molar-refractivity contribution in [1.82, 2.24) is 0 Å². The molecule has 0 aromatic heterocycles. The fourth-order valence-corrected chi connectivity index (χ4v) is 6.09. The third kappa shape index (κ3) is 4.87. The topological polar surface area (TPSA) is 164 Å². The molecule has 0 N–H and O–H groups in total. The summed E-state index contributed by atoms with van der Waals surface area (Å²) in [6.45, 7) is 0. The van der Waals surface area contributed by atoms with E-state index in [0.29, 0.717) is 5.39 Å². The molecule has 0 saturated carbocycles. The van der Waals surface area contributed by atoms with Crippen LogP contribution in [0, 0.1) is 20.2 Å². The van der Waals surface area contributed by atoms with Gasteiger partial charge in [-0.3, -0.25) is 20.2 Å². The van der Waals surface area contributed by atoms with Crippen molar-refractivity contribution in [3.8, 4) is 11.1 Å². The molecule has 0 aliphatic heterocycles. The zero-order valence-electron chi connectivity index (χ0n) is 17.5. The lowest BCUT2D eigenvalue weighted by atomic mass is 10.0. The summed E-state index contributed by atoms with van der Waals surface area (Å²) < 4.78 is 56.4. The Kier molecular flexibility index (Phi) is 6.06. The highest BCUT2D eigenvalue weighted by Gasteiger charge is 2.30. The van der Waals surface area contributed by atoms with Gasteiger partial charge in [0, 0.05) is 29.8 Å². The summed E-state index contributed by atoms with van der Waals surface area (Å²) in [4.78, 5) is 19.7. The number of benzene rings is 4.